The zero-order valence-electron chi connectivity index (χ0n) is 15.0. The molecular weight excluding hydrogens is 356 g/mol. The lowest BCUT2D eigenvalue weighted by Crippen LogP contribution is -2.31. The van der Waals surface area contributed by atoms with Crippen LogP contribution in [0.2, 0.25) is 0 Å². The Bertz CT molecular complexity index is 979. The van der Waals surface area contributed by atoms with Crippen LogP contribution in [0.25, 0.3) is 0 Å². The number of esters is 1. The van der Waals surface area contributed by atoms with Gasteiger partial charge in [0.15, 0.2) is 6.10 Å². The van der Waals surface area contributed by atoms with Gasteiger partial charge in [-0.3, -0.25) is 9.78 Å². The SMILES string of the molecule is O=C(OCc1ccccn1)c1cccc(NC(=O)C2Cc3ccccc3O2)c1. The highest BCUT2D eigenvalue weighted by Crippen LogP contribution is 2.28. The summed E-state index contributed by atoms with van der Waals surface area (Å²) in [7, 11) is 0. The molecule has 1 atom stereocenters. The van der Waals surface area contributed by atoms with Crippen LogP contribution in [-0.4, -0.2) is 23.0 Å². The van der Waals surface area contributed by atoms with Crippen LogP contribution in [0.5, 0.6) is 5.75 Å². The third kappa shape index (κ3) is 4.01. The number of pyridine rings is 1. The van der Waals surface area contributed by atoms with E-state index in [-0.39, 0.29) is 12.5 Å². The summed E-state index contributed by atoms with van der Waals surface area (Å²) in [6.45, 7) is 0.0877. The lowest BCUT2D eigenvalue weighted by atomic mass is 10.1. The molecule has 140 valence electrons. The monoisotopic (exact) mass is 374 g/mol. The number of hydrogen-bond acceptors (Lipinski definition) is 5. The number of para-hydroxylation sites is 1. The number of benzene rings is 2. The van der Waals surface area contributed by atoms with E-state index in [4.69, 9.17) is 9.47 Å². The summed E-state index contributed by atoms with van der Waals surface area (Å²) in [5.74, 6) is -0.00373. The summed E-state index contributed by atoms with van der Waals surface area (Å²) >= 11 is 0. The highest BCUT2D eigenvalue weighted by Gasteiger charge is 2.28. The minimum atomic E-state index is -0.586. The quantitative estimate of drug-likeness (QED) is 0.693. The smallest absolute Gasteiger partial charge is 0.338 e. The first-order valence-electron chi connectivity index (χ1n) is 8.91. The molecule has 0 saturated heterocycles. The third-order valence-corrected chi connectivity index (χ3v) is 4.38. The molecule has 0 saturated carbocycles. The number of carbonyl (C=O) groups is 2. The lowest BCUT2D eigenvalue weighted by molar-refractivity contribution is -0.122. The Kier molecular flexibility index (Phi) is 5.01. The van der Waals surface area contributed by atoms with Crippen molar-refractivity contribution in [2.75, 3.05) is 5.32 Å². The molecule has 1 aromatic heterocycles. The Balaban J connectivity index is 1.37. The number of aromatic nitrogens is 1. The number of anilines is 1. The van der Waals surface area contributed by atoms with Gasteiger partial charge in [-0.15, -0.1) is 0 Å². The molecule has 28 heavy (non-hydrogen) atoms. The highest BCUT2D eigenvalue weighted by atomic mass is 16.5. The minimum absolute atomic E-state index is 0.0877. The van der Waals surface area contributed by atoms with Crippen molar-refractivity contribution in [3.8, 4) is 5.75 Å². The van der Waals surface area contributed by atoms with E-state index in [9.17, 15) is 9.59 Å². The van der Waals surface area contributed by atoms with E-state index in [1.807, 2.05) is 30.3 Å². The molecular formula is C22H18N2O4. The average Bonchev–Trinajstić information content (AvgIpc) is 3.17. The predicted octanol–water partition coefficient (Wildman–Crippen LogP) is 3.38. The second-order valence-electron chi connectivity index (χ2n) is 6.39. The molecule has 6 nitrogen and oxygen atoms in total. The van der Waals surface area contributed by atoms with Crippen LogP contribution in [-0.2, 0) is 22.6 Å². The van der Waals surface area contributed by atoms with Gasteiger partial charge in [0.05, 0.1) is 11.3 Å². The Morgan fingerprint density at radius 2 is 1.93 bits per heavy atom. The van der Waals surface area contributed by atoms with Gasteiger partial charge in [0.25, 0.3) is 5.91 Å². The molecule has 0 fully saturated rings. The van der Waals surface area contributed by atoms with Gasteiger partial charge in [-0.25, -0.2) is 4.79 Å². The third-order valence-electron chi connectivity index (χ3n) is 4.38. The van der Waals surface area contributed by atoms with Crippen LogP contribution in [0.3, 0.4) is 0 Å². The average molecular weight is 374 g/mol. The van der Waals surface area contributed by atoms with Crippen molar-refractivity contribution in [2.24, 2.45) is 0 Å². The first-order chi connectivity index (χ1) is 13.7. The zero-order chi connectivity index (χ0) is 19.3. The van der Waals surface area contributed by atoms with Crippen LogP contribution in [0.1, 0.15) is 21.6 Å². The maximum atomic E-state index is 12.5. The van der Waals surface area contributed by atoms with Crippen molar-refractivity contribution in [1.29, 1.82) is 0 Å². The van der Waals surface area contributed by atoms with Crippen LogP contribution >= 0.6 is 0 Å². The molecule has 2 heterocycles. The van der Waals surface area contributed by atoms with Crippen LogP contribution in [0, 0.1) is 0 Å². The molecule has 1 N–H and O–H groups in total. The van der Waals surface area contributed by atoms with Crippen LogP contribution < -0.4 is 10.1 Å². The van der Waals surface area contributed by atoms with Gasteiger partial charge in [-0.1, -0.05) is 30.3 Å². The van der Waals surface area contributed by atoms with Gasteiger partial charge in [-0.2, -0.15) is 0 Å². The molecule has 3 aromatic rings. The number of nitrogens with zero attached hydrogens (tertiary/aromatic N) is 1. The number of fused-ring (bicyclic) bond motifs is 1. The van der Waals surface area contributed by atoms with E-state index in [1.165, 1.54) is 0 Å². The Labute approximate surface area is 162 Å². The predicted molar refractivity (Wildman–Crippen MR) is 103 cm³/mol. The molecule has 6 heteroatoms. The second-order valence-corrected chi connectivity index (χ2v) is 6.39. The second kappa shape index (κ2) is 7.92. The number of carbonyl (C=O) groups excluding carboxylic acids is 2. The fraction of sp³-hybridized carbons (Fsp3) is 0.136. The van der Waals surface area contributed by atoms with E-state index >= 15 is 0 Å². The maximum Gasteiger partial charge on any atom is 0.338 e. The maximum absolute atomic E-state index is 12.5. The summed E-state index contributed by atoms with van der Waals surface area (Å²) < 4.78 is 11.0. The molecule has 0 spiro atoms. The number of rotatable bonds is 5. The number of hydrogen-bond donors (Lipinski definition) is 1. The van der Waals surface area contributed by atoms with Gasteiger partial charge in [0, 0.05) is 18.3 Å². The van der Waals surface area contributed by atoms with Crippen LogP contribution in [0.4, 0.5) is 5.69 Å². The summed E-state index contributed by atoms with van der Waals surface area (Å²) in [4.78, 5) is 28.9. The van der Waals surface area contributed by atoms with Crippen molar-refractivity contribution in [2.45, 2.75) is 19.1 Å². The molecule has 1 aliphatic heterocycles. The zero-order valence-corrected chi connectivity index (χ0v) is 15.0. The summed E-state index contributed by atoms with van der Waals surface area (Å²) in [5.41, 5.74) is 2.54. The van der Waals surface area contributed by atoms with Gasteiger partial charge in [-0.05, 0) is 42.0 Å². The number of amides is 1. The van der Waals surface area contributed by atoms with E-state index < -0.39 is 12.1 Å². The highest BCUT2D eigenvalue weighted by molar-refractivity contribution is 5.97. The van der Waals surface area contributed by atoms with Gasteiger partial charge in [0.1, 0.15) is 12.4 Å². The number of nitrogens with one attached hydrogen (secondary N) is 1. The Morgan fingerprint density at radius 1 is 1.07 bits per heavy atom. The first kappa shape index (κ1) is 17.7. The van der Waals surface area contributed by atoms with Crippen molar-refractivity contribution in [1.82, 2.24) is 4.98 Å². The van der Waals surface area contributed by atoms with E-state index in [0.717, 1.165) is 11.3 Å². The first-order valence-corrected chi connectivity index (χ1v) is 8.91. The lowest BCUT2D eigenvalue weighted by Gasteiger charge is -2.12. The molecule has 0 radical (unpaired) electrons. The summed E-state index contributed by atoms with van der Waals surface area (Å²) in [6, 6.07) is 19.6. The van der Waals surface area contributed by atoms with E-state index in [1.54, 1.807) is 42.6 Å². The van der Waals surface area contributed by atoms with E-state index in [2.05, 4.69) is 10.3 Å². The molecule has 2 aromatic carbocycles. The Hall–Kier alpha value is -3.67. The molecule has 0 bridgehead atoms. The minimum Gasteiger partial charge on any atom is -0.480 e. The summed E-state index contributed by atoms with van der Waals surface area (Å²) in [6.07, 6.45) is 1.58. The van der Waals surface area contributed by atoms with Crippen molar-refractivity contribution in [3.63, 3.8) is 0 Å². The van der Waals surface area contributed by atoms with E-state index in [0.29, 0.717) is 23.4 Å². The summed E-state index contributed by atoms with van der Waals surface area (Å²) in [5, 5.41) is 2.80. The molecule has 1 unspecified atom stereocenters. The molecule has 4 rings (SSSR count). The van der Waals surface area contributed by atoms with Crippen molar-refractivity contribution >= 4 is 17.6 Å². The molecule has 1 amide bonds. The van der Waals surface area contributed by atoms with Gasteiger partial charge in [0.2, 0.25) is 0 Å². The molecule has 0 aliphatic carbocycles. The Morgan fingerprint density at radius 3 is 2.75 bits per heavy atom. The van der Waals surface area contributed by atoms with Crippen molar-refractivity contribution < 1.29 is 19.1 Å². The van der Waals surface area contributed by atoms with Gasteiger partial charge < -0.3 is 14.8 Å². The molecule has 1 aliphatic rings. The fourth-order valence-electron chi connectivity index (χ4n) is 2.98. The standard InChI is InChI=1S/C22H18N2O4/c25-21(20-13-15-6-1-2-10-19(15)28-20)24-17-9-5-7-16(12-17)22(26)27-14-18-8-3-4-11-23-18/h1-12,20H,13-14H2,(H,24,25). The topological polar surface area (TPSA) is 77.5 Å². The van der Waals surface area contributed by atoms with Crippen molar-refractivity contribution in [3.05, 3.63) is 89.7 Å². The van der Waals surface area contributed by atoms with Crippen LogP contribution in [0.15, 0.2) is 72.9 Å². The normalized spacial score (nSPS) is 14.6. The number of ether oxygens (including phenoxy) is 2. The largest absolute Gasteiger partial charge is 0.480 e. The van der Waals surface area contributed by atoms with Gasteiger partial charge >= 0.3 is 5.97 Å². The fourth-order valence-corrected chi connectivity index (χ4v) is 2.98.